The van der Waals surface area contributed by atoms with Gasteiger partial charge in [0.15, 0.2) is 0 Å². The first-order valence-corrected chi connectivity index (χ1v) is 8.81. The fourth-order valence-corrected chi connectivity index (χ4v) is 3.63. The Morgan fingerprint density at radius 1 is 1.04 bits per heavy atom. The summed E-state index contributed by atoms with van der Waals surface area (Å²) in [4.78, 5) is 28.9. The number of likely N-dealkylation sites (tertiary alicyclic amines) is 2. The first kappa shape index (κ1) is 17.4. The highest BCUT2D eigenvalue weighted by Gasteiger charge is 2.33. The third-order valence-electron chi connectivity index (χ3n) is 5.14. The Morgan fingerprint density at radius 2 is 1.72 bits per heavy atom. The number of piperidine rings is 2. The van der Waals surface area contributed by atoms with Gasteiger partial charge in [0.2, 0.25) is 5.91 Å². The molecule has 2 aliphatic heterocycles. The monoisotopic (exact) mass is 343 g/mol. The minimum atomic E-state index is -0.371. The van der Waals surface area contributed by atoms with E-state index >= 15 is 0 Å². The van der Waals surface area contributed by atoms with E-state index < -0.39 is 0 Å². The molecule has 0 N–H and O–H groups in total. The van der Waals surface area contributed by atoms with E-state index in [4.69, 9.17) is 5.26 Å². The molecular formula is C19H22FN3O2. The number of hydrogen-bond acceptors (Lipinski definition) is 3. The summed E-state index contributed by atoms with van der Waals surface area (Å²) in [5.74, 6) is -0.568. The molecule has 0 aromatic heterocycles. The Morgan fingerprint density at radius 3 is 2.36 bits per heavy atom. The summed E-state index contributed by atoms with van der Waals surface area (Å²) in [6.07, 6.45) is 3.03. The van der Waals surface area contributed by atoms with Crippen LogP contribution in [0.25, 0.3) is 0 Å². The molecule has 6 heteroatoms. The van der Waals surface area contributed by atoms with Crippen LogP contribution in [0.1, 0.15) is 36.0 Å². The molecule has 0 aliphatic carbocycles. The van der Waals surface area contributed by atoms with Gasteiger partial charge >= 0.3 is 0 Å². The van der Waals surface area contributed by atoms with Crippen LogP contribution in [-0.2, 0) is 4.79 Å². The molecule has 132 valence electrons. The molecule has 0 bridgehead atoms. The molecule has 2 saturated heterocycles. The number of amides is 2. The summed E-state index contributed by atoms with van der Waals surface area (Å²) >= 11 is 0. The summed E-state index contributed by atoms with van der Waals surface area (Å²) in [5, 5.41) is 8.96. The van der Waals surface area contributed by atoms with Gasteiger partial charge in [-0.1, -0.05) is 0 Å². The zero-order chi connectivity index (χ0) is 17.8. The quantitative estimate of drug-likeness (QED) is 0.828. The molecular weight excluding hydrogens is 321 g/mol. The summed E-state index contributed by atoms with van der Waals surface area (Å²) in [7, 11) is 0. The molecule has 25 heavy (non-hydrogen) atoms. The molecule has 2 heterocycles. The standard InChI is InChI=1S/C19H22FN3O2/c20-17-5-3-15(4-6-17)18(24)23-9-1-2-16(13-23)19(25)22-10-7-14(12-21)8-11-22/h3-6,14,16H,1-2,7-11,13H2. The molecule has 1 aromatic carbocycles. The van der Waals surface area contributed by atoms with Crippen molar-refractivity contribution in [3.8, 4) is 6.07 Å². The molecule has 2 fully saturated rings. The third kappa shape index (κ3) is 3.98. The van der Waals surface area contributed by atoms with Crippen molar-refractivity contribution >= 4 is 11.8 Å². The van der Waals surface area contributed by atoms with Crippen LogP contribution in [0.5, 0.6) is 0 Å². The van der Waals surface area contributed by atoms with Crippen LogP contribution in [-0.4, -0.2) is 47.8 Å². The smallest absolute Gasteiger partial charge is 0.253 e. The van der Waals surface area contributed by atoms with Crippen molar-refractivity contribution in [2.24, 2.45) is 11.8 Å². The molecule has 1 unspecified atom stereocenters. The van der Waals surface area contributed by atoms with E-state index in [9.17, 15) is 14.0 Å². The van der Waals surface area contributed by atoms with Crippen LogP contribution in [0.4, 0.5) is 4.39 Å². The van der Waals surface area contributed by atoms with Gasteiger partial charge < -0.3 is 9.80 Å². The molecule has 2 aliphatic rings. The van der Waals surface area contributed by atoms with Gasteiger partial charge in [-0.25, -0.2) is 4.39 Å². The number of nitrogens with zero attached hydrogens (tertiary/aromatic N) is 3. The van der Waals surface area contributed by atoms with Crippen LogP contribution in [0.2, 0.25) is 0 Å². The van der Waals surface area contributed by atoms with Gasteiger partial charge in [0.05, 0.1) is 12.0 Å². The third-order valence-corrected chi connectivity index (χ3v) is 5.14. The number of halogens is 1. The number of carbonyl (C=O) groups is 2. The summed E-state index contributed by atoms with van der Waals surface area (Å²) in [5.41, 5.74) is 0.448. The van der Waals surface area contributed by atoms with Gasteiger partial charge in [0.1, 0.15) is 5.82 Å². The molecule has 5 nitrogen and oxygen atoms in total. The van der Waals surface area contributed by atoms with Crippen molar-refractivity contribution in [1.82, 2.24) is 9.80 Å². The average Bonchev–Trinajstić information content (AvgIpc) is 2.67. The zero-order valence-electron chi connectivity index (χ0n) is 14.2. The highest BCUT2D eigenvalue weighted by molar-refractivity contribution is 5.94. The lowest BCUT2D eigenvalue weighted by Gasteiger charge is -2.37. The van der Waals surface area contributed by atoms with E-state index in [1.54, 1.807) is 4.90 Å². The second-order valence-corrected chi connectivity index (χ2v) is 6.83. The molecule has 1 aromatic rings. The maximum absolute atomic E-state index is 13.0. The highest BCUT2D eigenvalue weighted by Crippen LogP contribution is 2.24. The summed E-state index contributed by atoms with van der Waals surface area (Å²) < 4.78 is 13.0. The summed E-state index contributed by atoms with van der Waals surface area (Å²) in [6, 6.07) is 7.79. The van der Waals surface area contributed by atoms with Crippen molar-refractivity contribution in [2.45, 2.75) is 25.7 Å². The predicted molar refractivity (Wildman–Crippen MR) is 89.9 cm³/mol. The Bertz CT molecular complexity index is 675. The minimum absolute atomic E-state index is 0.0481. The van der Waals surface area contributed by atoms with Crippen molar-refractivity contribution in [2.75, 3.05) is 26.2 Å². The van der Waals surface area contributed by atoms with Crippen LogP contribution in [0.15, 0.2) is 24.3 Å². The number of benzene rings is 1. The minimum Gasteiger partial charge on any atom is -0.342 e. The fraction of sp³-hybridized carbons (Fsp3) is 0.526. The first-order valence-electron chi connectivity index (χ1n) is 8.81. The summed E-state index contributed by atoms with van der Waals surface area (Å²) in [6.45, 7) is 2.28. The maximum atomic E-state index is 13.0. The van der Waals surface area contributed by atoms with E-state index in [2.05, 4.69) is 6.07 Å². The number of hydrogen-bond donors (Lipinski definition) is 0. The van der Waals surface area contributed by atoms with Crippen LogP contribution < -0.4 is 0 Å². The van der Waals surface area contributed by atoms with Crippen LogP contribution in [0.3, 0.4) is 0 Å². The van der Waals surface area contributed by atoms with E-state index in [0.717, 1.165) is 25.7 Å². The number of carbonyl (C=O) groups excluding carboxylic acids is 2. The predicted octanol–water partition coefficient (Wildman–Crippen LogP) is 2.44. The topological polar surface area (TPSA) is 64.4 Å². The first-order chi connectivity index (χ1) is 12.1. The van der Waals surface area contributed by atoms with Crippen molar-refractivity contribution in [3.05, 3.63) is 35.6 Å². The Hall–Kier alpha value is -2.42. The molecule has 1 atom stereocenters. The van der Waals surface area contributed by atoms with Gasteiger partial charge in [0, 0.05) is 37.7 Å². The number of nitriles is 1. The SMILES string of the molecule is N#CC1CCN(C(=O)C2CCCN(C(=O)c3ccc(F)cc3)C2)CC1. The second kappa shape index (κ2) is 7.64. The van der Waals surface area contributed by atoms with Crippen molar-refractivity contribution in [3.63, 3.8) is 0 Å². The lowest BCUT2D eigenvalue weighted by atomic mass is 9.93. The molecule has 2 amide bonds. The van der Waals surface area contributed by atoms with E-state index in [-0.39, 0.29) is 29.5 Å². The lowest BCUT2D eigenvalue weighted by molar-refractivity contribution is -0.138. The normalized spacial score (nSPS) is 21.7. The molecule has 0 saturated carbocycles. The largest absolute Gasteiger partial charge is 0.342 e. The Balaban J connectivity index is 1.61. The molecule has 0 spiro atoms. The van der Waals surface area contributed by atoms with Gasteiger partial charge in [0.25, 0.3) is 5.91 Å². The van der Waals surface area contributed by atoms with Gasteiger partial charge in [-0.15, -0.1) is 0 Å². The molecule has 3 rings (SSSR count). The lowest BCUT2D eigenvalue weighted by Crippen LogP contribution is -2.48. The van der Waals surface area contributed by atoms with Gasteiger partial charge in [-0.2, -0.15) is 5.26 Å². The average molecular weight is 343 g/mol. The second-order valence-electron chi connectivity index (χ2n) is 6.83. The molecule has 0 radical (unpaired) electrons. The van der Waals surface area contributed by atoms with E-state index in [0.29, 0.717) is 31.7 Å². The van der Waals surface area contributed by atoms with Gasteiger partial charge in [-0.05, 0) is 49.9 Å². The van der Waals surface area contributed by atoms with Gasteiger partial charge in [-0.3, -0.25) is 9.59 Å². The Kier molecular flexibility index (Phi) is 5.32. The van der Waals surface area contributed by atoms with Crippen molar-refractivity contribution in [1.29, 1.82) is 5.26 Å². The fourth-order valence-electron chi connectivity index (χ4n) is 3.63. The van der Waals surface area contributed by atoms with Crippen molar-refractivity contribution < 1.29 is 14.0 Å². The maximum Gasteiger partial charge on any atom is 0.253 e. The van der Waals surface area contributed by atoms with E-state index in [1.807, 2.05) is 4.90 Å². The Labute approximate surface area is 147 Å². The van der Waals surface area contributed by atoms with Crippen LogP contribution in [0, 0.1) is 29.0 Å². The highest BCUT2D eigenvalue weighted by atomic mass is 19.1. The van der Waals surface area contributed by atoms with E-state index in [1.165, 1.54) is 24.3 Å². The number of rotatable bonds is 2. The van der Waals surface area contributed by atoms with Crippen LogP contribution >= 0.6 is 0 Å². The zero-order valence-corrected chi connectivity index (χ0v) is 14.2.